The highest BCUT2D eigenvalue weighted by molar-refractivity contribution is 7.13. The molecule has 1 aromatic carbocycles. The molecule has 1 N–H and O–H groups in total. The van der Waals surface area contributed by atoms with Gasteiger partial charge < -0.3 is 10.2 Å². The van der Waals surface area contributed by atoms with E-state index < -0.39 is 0 Å². The van der Waals surface area contributed by atoms with E-state index in [9.17, 15) is 4.79 Å². The summed E-state index contributed by atoms with van der Waals surface area (Å²) >= 11 is 1.54. The van der Waals surface area contributed by atoms with Gasteiger partial charge in [-0.2, -0.15) is 0 Å². The molecule has 0 unspecified atom stereocenters. The maximum atomic E-state index is 12.2. The normalized spacial score (nSPS) is 10.6. The number of para-hydroxylation sites is 2. The molecule has 0 radical (unpaired) electrons. The van der Waals surface area contributed by atoms with Crippen LogP contribution >= 0.6 is 11.3 Å². The van der Waals surface area contributed by atoms with Crippen molar-refractivity contribution in [3.8, 4) is 0 Å². The third kappa shape index (κ3) is 3.04. The Bertz CT molecular complexity index is 814. The fourth-order valence-corrected chi connectivity index (χ4v) is 2.67. The summed E-state index contributed by atoms with van der Waals surface area (Å²) in [5.74, 6) is -0.252. The van der Waals surface area contributed by atoms with E-state index in [0.29, 0.717) is 17.8 Å². The van der Waals surface area contributed by atoms with E-state index in [4.69, 9.17) is 0 Å². The molecule has 1 amide bonds. The molecule has 0 saturated heterocycles. The van der Waals surface area contributed by atoms with Gasteiger partial charge in [0.15, 0.2) is 5.13 Å². The molecule has 3 aromatic rings. The van der Waals surface area contributed by atoms with Crippen molar-refractivity contribution in [2.24, 2.45) is 0 Å². The number of hydrogen-bond donors (Lipinski definition) is 1. The standard InChI is InChI=1S/C15H15N5OS/c1-20(2)15-18-10(9-22-15)7-17-14(21)13-8-16-11-5-3-4-6-12(11)19-13/h3-6,8-9H,7H2,1-2H3,(H,17,21). The van der Waals surface area contributed by atoms with E-state index in [-0.39, 0.29) is 5.91 Å². The summed E-state index contributed by atoms with van der Waals surface area (Å²) in [7, 11) is 3.87. The Labute approximate surface area is 131 Å². The number of hydrogen-bond acceptors (Lipinski definition) is 6. The first-order valence-corrected chi connectivity index (χ1v) is 7.63. The predicted molar refractivity (Wildman–Crippen MR) is 87.1 cm³/mol. The maximum absolute atomic E-state index is 12.2. The zero-order valence-electron chi connectivity index (χ0n) is 12.3. The van der Waals surface area contributed by atoms with Gasteiger partial charge in [-0.3, -0.25) is 9.78 Å². The van der Waals surface area contributed by atoms with Gasteiger partial charge in [0, 0.05) is 19.5 Å². The summed E-state index contributed by atoms with van der Waals surface area (Å²) in [4.78, 5) is 27.1. The van der Waals surface area contributed by atoms with Crippen molar-refractivity contribution in [2.75, 3.05) is 19.0 Å². The lowest BCUT2D eigenvalue weighted by atomic mass is 10.3. The average molecular weight is 313 g/mol. The number of carbonyl (C=O) groups excluding carboxylic acids is 1. The van der Waals surface area contributed by atoms with E-state index in [2.05, 4.69) is 20.3 Å². The number of carbonyl (C=O) groups is 1. The van der Waals surface area contributed by atoms with E-state index in [1.807, 2.05) is 48.6 Å². The van der Waals surface area contributed by atoms with Gasteiger partial charge in [-0.25, -0.2) is 9.97 Å². The summed E-state index contributed by atoms with van der Waals surface area (Å²) in [5.41, 5.74) is 2.62. The Kier molecular flexibility index (Phi) is 3.97. The van der Waals surface area contributed by atoms with Crippen LogP contribution in [0, 0.1) is 0 Å². The molecule has 0 fully saturated rings. The molecule has 2 heterocycles. The first kappa shape index (κ1) is 14.4. The number of rotatable bonds is 4. The van der Waals surface area contributed by atoms with Crippen LogP contribution in [0.25, 0.3) is 11.0 Å². The van der Waals surface area contributed by atoms with Crippen LogP contribution in [0.5, 0.6) is 0 Å². The third-order valence-electron chi connectivity index (χ3n) is 3.03. The van der Waals surface area contributed by atoms with Crippen LogP contribution in [0.2, 0.25) is 0 Å². The van der Waals surface area contributed by atoms with Crippen LogP contribution in [0.1, 0.15) is 16.2 Å². The predicted octanol–water partition coefficient (Wildman–Crippen LogP) is 2.08. The highest BCUT2D eigenvalue weighted by Gasteiger charge is 2.10. The fraction of sp³-hybridized carbons (Fsp3) is 0.200. The molecule has 0 saturated carbocycles. The monoisotopic (exact) mass is 313 g/mol. The van der Waals surface area contributed by atoms with Gasteiger partial charge in [-0.1, -0.05) is 12.1 Å². The van der Waals surface area contributed by atoms with Crippen molar-refractivity contribution >= 4 is 33.4 Å². The number of benzene rings is 1. The van der Waals surface area contributed by atoms with Crippen molar-refractivity contribution in [1.82, 2.24) is 20.3 Å². The fourth-order valence-electron chi connectivity index (χ4n) is 1.91. The smallest absolute Gasteiger partial charge is 0.271 e. The Morgan fingerprint density at radius 2 is 2.00 bits per heavy atom. The van der Waals surface area contributed by atoms with E-state index in [1.165, 1.54) is 6.20 Å². The molecule has 0 aliphatic carbocycles. The zero-order valence-corrected chi connectivity index (χ0v) is 13.1. The second-order valence-electron chi connectivity index (χ2n) is 4.94. The molecule has 2 aromatic heterocycles. The van der Waals surface area contributed by atoms with E-state index in [1.54, 1.807) is 11.3 Å². The topological polar surface area (TPSA) is 71.0 Å². The van der Waals surface area contributed by atoms with Gasteiger partial charge >= 0.3 is 0 Å². The molecule has 6 nitrogen and oxygen atoms in total. The van der Waals surface area contributed by atoms with E-state index >= 15 is 0 Å². The molecule has 7 heteroatoms. The molecule has 0 aliphatic heterocycles. The van der Waals surface area contributed by atoms with Gasteiger partial charge in [0.1, 0.15) is 5.69 Å². The molecule has 0 spiro atoms. The van der Waals surface area contributed by atoms with Crippen molar-refractivity contribution in [3.63, 3.8) is 0 Å². The van der Waals surface area contributed by atoms with Crippen LogP contribution in [0.3, 0.4) is 0 Å². The minimum atomic E-state index is -0.252. The van der Waals surface area contributed by atoms with Crippen LogP contribution in [-0.2, 0) is 6.54 Å². The number of thiazole rings is 1. The summed E-state index contributed by atoms with van der Waals surface area (Å²) in [6.45, 7) is 0.373. The molecule has 0 atom stereocenters. The highest BCUT2D eigenvalue weighted by Crippen LogP contribution is 2.17. The van der Waals surface area contributed by atoms with Gasteiger partial charge in [-0.05, 0) is 12.1 Å². The number of nitrogens with zero attached hydrogens (tertiary/aromatic N) is 4. The average Bonchev–Trinajstić information content (AvgIpc) is 3.01. The molecule has 0 bridgehead atoms. The lowest BCUT2D eigenvalue weighted by molar-refractivity contribution is 0.0945. The number of nitrogens with one attached hydrogen (secondary N) is 1. The van der Waals surface area contributed by atoms with Crippen molar-refractivity contribution in [2.45, 2.75) is 6.54 Å². The number of anilines is 1. The van der Waals surface area contributed by atoms with E-state index in [0.717, 1.165) is 16.3 Å². The molecule has 0 aliphatic rings. The number of aromatic nitrogens is 3. The Morgan fingerprint density at radius 1 is 1.23 bits per heavy atom. The minimum absolute atomic E-state index is 0.252. The third-order valence-corrected chi connectivity index (χ3v) is 4.09. The second kappa shape index (κ2) is 6.07. The van der Waals surface area contributed by atoms with Crippen molar-refractivity contribution in [3.05, 3.63) is 47.2 Å². The summed E-state index contributed by atoms with van der Waals surface area (Å²) in [5, 5.41) is 5.66. The lowest BCUT2D eigenvalue weighted by Crippen LogP contribution is -2.24. The van der Waals surface area contributed by atoms with Crippen molar-refractivity contribution < 1.29 is 4.79 Å². The zero-order chi connectivity index (χ0) is 15.5. The maximum Gasteiger partial charge on any atom is 0.271 e. The Morgan fingerprint density at radius 3 is 2.73 bits per heavy atom. The highest BCUT2D eigenvalue weighted by atomic mass is 32.1. The molecule has 22 heavy (non-hydrogen) atoms. The van der Waals surface area contributed by atoms with Crippen LogP contribution in [0.15, 0.2) is 35.8 Å². The Hall–Kier alpha value is -2.54. The molecular formula is C15H15N5OS. The molecule has 3 rings (SSSR count). The van der Waals surface area contributed by atoms with Gasteiger partial charge in [-0.15, -0.1) is 11.3 Å². The Balaban J connectivity index is 1.69. The second-order valence-corrected chi connectivity index (χ2v) is 5.78. The van der Waals surface area contributed by atoms with Crippen LogP contribution in [-0.4, -0.2) is 35.0 Å². The van der Waals surface area contributed by atoms with Gasteiger partial charge in [0.2, 0.25) is 0 Å². The largest absolute Gasteiger partial charge is 0.354 e. The SMILES string of the molecule is CN(C)c1nc(CNC(=O)c2cnc3ccccc3n2)cs1. The molecule has 112 valence electrons. The minimum Gasteiger partial charge on any atom is -0.354 e. The lowest BCUT2D eigenvalue weighted by Gasteiger charge is -2.06. The first-order chi connectivity index (χ1) is 10.6. The summed E-state index contributed by atoms with van der Waals surface area (Å²) in [6, 6.07) is 7.46. The van der Waals surface area contributed by atoms with Crippen molar-refractivity contribution in [1.29, 1.82) is 0 Å². The number of amides is 1. The van der Waals surface area contributed by atoms with Gasteiger partial charge in [0.25, 0.3) is 5.91 Å². The number of fused-ring (bicyclic) bond motifs is 1. The van der Waals surface area contributed by atoms with Crippen LogP contribution in [0.4, 0.5) is 5.13 Å². The molecular weight excluding hydrogens is 298 g/mol. The quantitative estimate of drug-likeness (QED) is 0.798. The summed E-state index contributed by atoms with van der Waals surface area (Å²) < 4.78 is 0. The van der Waals surface area contributed by atoms with Crippen LogP contribution < -0.4 is 10.2 Å². The first-order valence-electron chi connectivity index (χ1n) is 6.75. The summed E-state index contributed by atoms with van der Waals surface area (Å²) in [6.07, 6.45) is 1.49. The van der Waals surface area contributed by atoms with Gasteiger partial charge in [0.05, 0.1) is 29.5 Å².